The van der Waals surface area contributed by atoms with Crippen LogP contribution in [0.1, 0.15) is 84.1 Å². The van der Waals surface area contributed by atoms with E-state index in [9.17, 15) is 0 Å². The third-order valence-corrected chi connectivity index (χ3v) is 5.84. The molecule has 2 aromatic rings. The third-order valence-electron chi connectivity index (χ3n) is 5.84. The third kappa shape index (κ3) is 5.81. The molecule has 162 valence electrons. The van der Waals surface area contributed by atoms with E-state index in [0.717, 1.165) is 23.4 Å². The number of hydrogen-bond acceptors (Lipinski definition) is 1. The zero-order valence-electron chi connectivity index (χ0n) is 20.3. The second-order valence-corrected chi connectivity index (χ2v) is 10.3. The Morgan fingerprint density at radius 1 is 0.833 bits per heavy atom. The average Bonchev–Trinajstić information content (AvgIpc) is 2.69. The number of nitrogens with one attached hydrogen (secondary N) is 1. The Kier molecular flexibility index (Phi) is 7.28. The van der Waals surface area contributed by atoms with Crippen molar-refractivity contribution in [3.63, 3.8) is 0 Å². The monoisotopic (exact) mass is 405 g/mol. The second-order valence-electron chi connectivity index (χ2n) is 10.3. The molecule has 0 aliphatic carbocycles. The fourth-order valence-electron chi connectivity index (χ4n) is 3.25. The molecule has 3 heteroatoms. The van der Waals surface area contributed by atoms with Crippen molar-refractivity contribution < 1.29 is 0 Å². The molecule has 0 saturated heterocycles. The predicted molar refractivity (Wildman–Crippen MR) is 131 cm³/mol. The smallest absolute Gasteiger partial charge is 0.154 e. The highest BCUT2D eigenvalue weighted by Gasteiger charge is 2.19. The molecule has 0 aliphatic rings. The summed E-state index contributed by atoms with van der Waals surface area (Å²) in [6.45, 7) is 17.6. The Bertz CT molecular complexity index is 876. The maximum Gasteiger partial charge on any atom is 0.154 e. The highest BCUT2D eigenvalue weighted by atomic mass is 15.2. The second kappa shape index (κ2) is 9.16. The maximum absolute atomic E-state index is 8.65. The first kappa shape index (κ1) is 23.9. The molecule has 0 saturated carbocycles. The van der Waals surface area contributed by atoms with Crippen LogP contribution in [-0.2, 0) is 10.8 Å². The molecule has 2 rings (SSSR count). The van der Waals surface area contributed by atoms with Crippen LogP contribution in [0, 0.1) is 5.41 Å². The molecule has 3 nitrogen and oxygen atoms in total. The van der Waals surface area contributed by atoms with Crippen LogP contribution in [0.25, 0.3) is 0 Å². The normalized spacial score (nSPS) is 13.8. The molecule has 30 heavy (non-hydrogen) atoms. The van der Waals surface area contributed by atoms with Crippen LogP contribution in [0.2, 0.25) is 0 Å². The molecule has 0 heterocycles. The molecule has 0 aliphatic heterocycles. The van der Waals surface area contributed by atoms with Crippen molar-refractivity contribution in [2.45, 2.75) is 78.7 Å². The van der Waals surface area contributed by atoms with E-state index in [1.54, 1.807) is 0 Å². The molecule has 0 unspecified atom stereocenters. The van der Waals surface area contributed by atoms with Crippen molar-refractivity contribution in [1.82, 2.24) is 4.90 Å². The predicted octanol–water partition coefficient (Wildman–Crippen LogP) is 6.78. The van der Waals surface area contributed by atoms with Crippen molar-refractivity contribution in [1.29, 1.82) is 5.41 Å². The molecule has 0 aromatic heterocycles. The van der Waals surface area contributed by atoms with Gasteiger partial charge in [0.15, 0.2) is 5.84 Å². The van der Waals surface area contributed by atoms with E-state index >= 15 is 0 Å². The summed E-state index contributed by atoms with van der Waals surface area (Å²) in [5.41, 5.74) is 4.65. The van der Waals surface area contributed by atoms with E-state index in [0.29, 0.717) is 11.9 Å². The topological polar surface area (TPSA) is 39.5 Å². The highest BCUT2D eigenvalue weighted by molar-refractivity contribution is 6.10. The summed E-state index contributed by atoms with van der Waals surface area (Å²) in [7, 11) is 2.07. The van der Waals surface area contributed by atoms with E-state index < -0.39 is 0 Å². The molecule has 1 N–H and O–H groups in total. The highest BCUT2D eigenvalue weighted by Crippen LogP contribution is 2.24. The van der Waals surface area contributed by atoms with Gasteiger partial charge in [-0.3, -0.25) is 5.41 Å². The number of rotatable bonds is 4. The first-order chi connectivity index (χ1) is 13.8. The first-order valence-corrected chi connectivity index (χ1v) is 11.0. The first-order valence-electron chi connectivity index (χ1n) is 11.0. The van der Waals surface area contributed by atoms with Crippen molar-refractivity contribution in [3.05, 3.63) is 70.8 Å². The van der Waals surface area contributed by atoms with Gasteiger partial charge in [-0.15, -0.1) is 0 Å². The Hall–Kier alpha value is -2.42. The van der Waals surface area contributed by atoms with E-state index in [2.05, 4.69) is 104 Å². The Morgan fingerprint density at radius 2 is 1.23 bits per heavy atom. The molecule has 0 bridgehead atoms. The van der Waals surface area contributed by atoms with Crippen LogP contribution >= 0.6 is 0 Å². The number of hydrogen-bond donors (Lipinski definition) is 1. The van der Waals surface area contributed by atoms with Gasteiger partial charge in [-0.1, -0.05) is 97.0 Å². The minimum Gasteiger partial charge on any atom is -0.356 e. The molecule has 1 atom stereocenters. The van der Waals surface area contributed by atoms with Gasteiger partial charge in [-0.05, 0) is 35.3 Å². The van der Waals surface area contributed by atoms with Gasteiger partial charge >= 0.3 is 0 Å². The maximum atomic E-state index is 8.65. The van der Waals surface area contributed by atoms with Crippen LogP contribution in [0.5, 0.6) is 0 Å². The van der Waals surface area contributed by atoms with Crippen LogP contribution in [0.15, 0.2) is 53.5 Å². The average molecular weight is 406 g/mol. The molecule has 0 fully saturated rings. The number of aliphatic imine (C=N–C) groups is 1. The zero-order valence-corrected chi connectivity index (χ0v) is 20.3. The summed E-state index contributed by atoms with van der Waals surface area (Å²) in [6.07, 6.45) is 1.02. The van der Waals surface area contributed by atoms with Crippen molar-refractivity contribution in [2.75, 3.05) is 7.05 Å². The minimum atomic E-state index is 0.0979. The summed E-state index contributed by atoms with van der Waals surface area (Å²) in [5.74, 6) is 1.13. The van der Waals surface area contributed by atoms with Crippen molar-refractivity contribution in [2.24, 2.45) is 4.99 Å². The fraction of sp³-hybridized carbons (Fsp3) is 0.481. The van der Waals surface area contributed by atoms with Crippen LogP contribution in [0.3, 0.4) is 0 Å². The fourth-order valence-corrected chi connectivity index (χ4v) is 3.25. The van der Waals surface area contributed by atoms with Gasteiger partial charge in [0.1, 0.15) is 5.84 Å². The molecule has 0 radical (unpaired) electrons. The molecule has 0 amide bonds. The minimum absolute atomic E-state index is 0.0979. The van der Waals surface area contributed by atoms with Gasteiger partial charge in [0.05, 0.1) is 0 Å². The van der Waals surface area contributed by atoms with Gasteiger partial charge in [0.2, 0.25) is 0 Å². The number of nitrogens with zero attached hydrogens (tertiary/aromatic N) is 2. The van der Waals surface area contributed by atoms with Crippen LogP contribution in [-0.4, -0.2) is 29.7 Å². The molecule has 0 spiro atoms. The standard InChI is InChI=1S/C27H39N3/c1-10-19(2)30(9)25(21-13-17-23(18-14-21)27(6,7)8)29-24(28)20-11-15-22(16-12-20)26(3,4)5/h11-19,28H,10H2,1-9H3/b28-24?,29-25-/t19-/m0/s1. The summed E-state index contributed by atoms with van der Waals surface area (Å²) in [4.78, 5) is 6.98. The van der Waals surface area contributed by atoms with Gasteiger partial charge in [0, 0.05) is 24.2 Å². The van der Waals surface area contributed by atoms with E-state index in [1.165, 1.54) is 11.1 Å². The molecule has 2 aromatic carbocycles. The lowest BCUT2D eigenvalue weighted by molar-refractivity contribution is 0.381. The Morgan fingerprint density at radius 3 is 1.60 bits per heavy atom. The van der Waals surface area contributed by atoms with E-state index in [4.69, 9.17) is 10.4 Å². The van der Waals surface area contributed by atoms with Gasteiger partial charge in [-0.25, -0.2) is 4.99 Å². The van der Waals surface area contributed by atoms with Crippen LogP contribution in [0.4, 0.5) is 0 Å². The van der Waals surface area contributed by atoms with E-state index in [-0.39, 0.29) is 10.8 Å². The van der Waals surface area contributed by atoms with E-state index in [1.807, 2.05) is 12.1 Å². The SMILES string of the molecule is CC[C@H](C)N(C)/C(=N\C(=N)c1ccc(C(C)(C)C)cc1)c1ccc(C(C)(C)C)cc1. The van der Waals surface area contributed by atoms with Gasteiger partial charge in [-0.2, -0.15) is 0 Å². The Balaban J connectivity index is 2.44. The Labute approximate surface area is 183 Å². The zero-order chi connectivity index (χ0) is 22.7. The largest absolute Gasteiger partial charge is 0.356 e. The number of amidine groups is 2. The summed E-state index contributed by atoms with van der Waals surface area (Å²) in [6, 6.07) is 17.2. The van der Waals surface area contributed by atoms with Gasteiger partial charge in [0.25, 0.3) is 0 Å². The lowest BCUT2D eigenvalue weighted by Crippen LogP contribution is -2.36. The number of benzene rings is 2. The van der Waals surface area contributed by atoms with Crippen molar-refractivity contribution >= 4 is 11.7 Å². The summed E-state index contributed by atoms with van der Waals surface area (Å²) >= 11 is 0. The summed E-state index contributed by atoms with van der Waals surface area (Å²) < 4.78 is 0. The lowest BCUT2D eigenvalue weighted by atomic mass is 9.86. The molecular weight excluding hydrogens is 366 g/mol. The lowest BCUT2D eigenvalue weighted by Gasteiger charge is -2.28. The van der Waals surface area contributed by atoms with Gasteiger partial charge < -0.3 is 4.90 Å². The summed E-state index contributed by atoms with van der Waals surface area (Å²) in [5, 5.41) is 8.65. The van der Waals surface area contributed by atoms with Crippen LogP contribution < -0.4 is 0 Å². The van der Waals surface area contributed by atoms with Crippen molar-refractivity contribution in [3.8, 4) is 0 Å². The quantitative estimate of drug-likeness (QED) is 0.442. The molecular formula is C27H39N3.